The monoisotopic (exact) mass is 389 g/mol. The topological polar surface area (TPSA) is 73.5 Å². The van der Waals surface area contributed by atoms with E-state index in [2.05, 4.69) is 15.4 Å². The largest absolute Gasteiger partial charge is 0.381 e. The van der Waals surface area contributed by atoms with E-state index in [0.29, 0.717) is 24.4 Å². The molecular weight excluding hydrogens is 366 g/mol. The lowest BCUT2D eigenvalue weighted by Gasteiger charge is -2.24. The number of hydrogen-bond acceptors (Lipinski definition) is 5. The molecule has 1 aliphatic heterocycles. The van der Waals surface area contributed by atoms with Crippen LogP contribution in [-0.2, 0) is 17.7 Å². The maximum absolute atomic E-state index is 13.2. The Balaban J connectivity index is 1.42. The van der Waals surface area contributed by atoms with Crippen molar-refractivity contribution in [3.05, 3.63) is 71.0 Å². The molecule has 3 aromatic heterocycles. The zero-order chi connectivity index (χ0) is 19.6. The van der Waals surface area contributed by atoms with Crippen molar-refractivity contribution in [1.29, 1.82) is 0 Å². The molecule has 1 fully saturated rings. The van der Waals surface area contributed by atoms with Crippen molar-refractivity contribution < 1.29 is 4.74 Å². The van der Waals surface area contributed by atoms with Crippen LogP contribution >= 0.6 is 0 Å². The van der Waals surface area contributed by atoms with Gasteiger partial charge in [-0.3, -0.25) is 4.79 Å². The highest BCUT2D eigenvalue weighted by Gasteiger charge is 2.16. The van der Waals surface area contributed by atoms with Crippen LogP contribution in [0.25, 0.3) is 16.4 Å². The van der Waals surface area contributed by atoms with Crippen molar-refractivity contribution in [2.75, 3.05) is 18.5 Å². The van der Waals surface area contributed by atoms with Crippen LogP contribution in [0.15, 0.2) is 59.8 Å². The van der Waals surface area contributed by atoms with Gasteiger partial charge in [0.25, 0.3) is 5.56 Å². The summed E-state index contributed by atoms with van der Waals surface area (Å²) in [6, 6.07) is 12.1. The van der Waals surface area contributed by atoms with Gasteiger partial charge in [0.15, 0.2) is 0 Å². The van der Waals surface area contributed by atoms with E-state index in [1.165, 1.54) is 0 Å². The van der Waals surface area contributed by atoms with Gasteiger partial charge in [0.2, 0.25) is 0 Å². The number of pyridine rings is 1. The number of hydrogen-bond donors (Lipinski definition) is 1. The van der Waals surface area contributed by atoms with Gasteiger partial charge in [0.05, 0.1) is 23.8 Å². The normalized spacial score (nSPS) is 15.2. The lowest BCUT2D eigenvalue weighted by atomic mass is 10.1. The van der Waals surface area contributed by atoms with E-state index in [0.717, 1.165) is 48.5 Å². The highest BCUT2D eigenvalue weighted by atomic mass is 16.5. The molecule has 5 rings (SSSR count). The van der Waals surface area contributed by atoms with Crippen LogP contribution in [0.1, 0.15) is 18.5 Å². The van der Waals surface area contributed by atoms with Gasteiger partial charge < -0.3 is 14.5 Å². The van der Waals surface area contributed by atoms with Crippen LogP contribution in [0.3, 0.4) is 0 Å². The van der Waals surface area contributed by atoms with E-state index in [4.69, 9.17) is 4.74 Å². The van der Waals surface area contributed by atoms with Crippen molar-refractivity contribution in [2.45, 2.75) is 31.8 Å². The van der Waals surface area contributed by atoms with Crippen LogP contribution in [0.2, 0.25) is 0 Å². The number of imidazole rings is 1. The van der Waals surface area contributed by atoms with Gasteiger partial charge in [0, 0.05) is 49.1 Å². The van der Waals surface area contributed by atoms with Crippen LogP contribution in [0.5, 0.6) is 0 Å². The number of nitrogens with zero attached hydrogens (tertiary/aromatic N) is 4. The van der Waals surface area contributed by atoms with Crippen molar-refractivity contribution in [3.63, 3.8) is 0 Å². The Morgan fingerprint density at radius 1 is 1.14 bits per heavy atom. The molecule has 0 radical (unpaired) electrons. The van der Waals surface area contributed by atoms with E-state index in [1.807, 2.05) is 53.2 Å². The van der Waals surface area contributed by atoms with Crippen LogP contribution in [-0.4, -0.2) is 38.4 Å². The molecule has 0 amide bonds. The van der Waals surface area contributed by atoms with Crippen LogP contribution in [0, 0.1) is 0 Å². The Labute approximate surface area is 167 Å². The first-order valence-corrected chi connectivity index (χ1v) is 10.0. The zero-order valence-corrected chi connectivity index (χ0v) is 16.1. The molecule has 7 nitrogen and oxygen atoms in total. The van der Waals surface area contributed by atoms with Crippen molar-refractivity contribution >= 4 is 22.1 Å². The predicted molar refractivity (Wildman–Crippen MR) is 112 cm³/mol. The van der Waals surface area contributed by atoms with Gasteiger partial charge >= 0.3 is 0 Å². The smallest absolute Gasteiger partial charge is 0.276 e. The van der Waals surface area contributed by atoms with E-state index in [-0.39, 0.29) is 5.56 Å². The van der Waals surface area contributed by atoms with Crippen molar-refractivity contribution in [3.8, 4) is 0 Å². The number of ether oxygens (including phenoxy) is 1. The first-order valence-electron chi connectivity index (χ1n) is 10.0. The molecule has 1 aromatic carbocycles. The summed E-state index contributed by atoms with van der Waals surface area (Å²) in [6.45, 7) is 2.00. The predicted octanol–water partition coefficient (Wildman–Crippen LogP) is 2.88. The molecule has 148 valence electrons. The van der Waals surface area contributed by atoms with Crippen molar-refractivity contribution in [2.24, 2.45) is 0 Å². The maximum atomic E-state index is 13.2. The summed E-state index contributed by atoms with van der Waals surface area (Å²) >= 11 is 0. The number of fused-ring (bicyclic) bond motifs is 2. The first-order chi connectivity index (χ1) is 14.3. The number of aromatic nitrogens is 4. The second kappa shape index (κ2) is 7.67. The number of anilines is 1. The number of aryl methyl sites for hydroxylation is 2. The Kier molecular flexibility index (Phi) is 4.73. The van der Waals surface area contributed by atoms with E-state index < -0.39 is 0 Å². The molecule has 4 aromatic rings. The highest BCUT2D eigenvalue weighted by molar-refractivity contribution is 5.92. The molecule has 0 saturated carbocycles. The summed E-state index contributed by atoms with van der Waals surface area (Å²) in [5, 5.41) is 9.49. The Morgan fingerprint density at radius 3 is 2.90 bits per heavy atom. The molecule has 29 heavy (non-hydrogen) atoms. The number of rotatable bonds is 5. The minimum atomic E-state index is -0.0681. The Bertz CT molecular complexity index is 1170. The van der Waals surface area contributed by atoms with Gasteiger partial charge in [0.1, 0.15) is 5.65 Å². The highest BCUT2D eigenvalue weighted by Crippen LogP contribution is 2.22. The third-order valence-electron chi connectivity index (χ3n) is 5.46. The summed E-state index contributed by atoms with van der Waals surface area (Å²) in [6.07, 6.45) is 8.29. The molecule has 0 unspecified atom stereocenters. The molecule has 0 atom stereocenters. The molecule has 0 aliphatic carbocycles. The lowest BCUT2D eigenvalue weighted by molar-refractivity contribution is 0.0905. The van der Waals surface area contributed by atoms with E-state index in [9.17, 15) is 4.79 Å². The number of benzene rings is 1. The summed E-state index contributed by atoms with van der Waals surface area (Å²) in [4.78, 5) is 17.8. The van der Waals surface area contributed by atoms with Gasteiger partial charge in [-0.2, -0.15) is 5.10 Å². The molecular formula is C22H23N5O2. The summed E-state index contributed by atoms with van der Waals surface area (Å²) in [5.41, 5.74) is 2.66. The molecule has 4 heterocycles. The van der Waals surface area contributed by atoms with E-state index >= 15 is 0 Å². The van der Waals surface area contributed by atoms with Gasteiger partial charge in [-0.25, -0.2) is 9.67 Å². The average Bonchev–Trinajstić information content (AvgIpc) is 3.17. The molecule has 0 spiro atoms. The number of nitrogens with one attached hydrogen (secondary N) is 1. The summed E-state index contributed by atoms with van der Waals surface area (Å²) in [7, 11) is 0. The average molecular weight is 389 g/mol. The molecule has 1 saturated heterocycles. The quantitative estimate of drug-likeness (QED) is 0.568. The first kappa shape index (κ1) is 17.9. The second-order valence-electron chi connectivity index (χ2n) is 7.42. The fraction of sp³-hybridized carbons (Fsp3) is 0.318. The molecule has 7 heteroatoms. The fourth-order valence-electron chi connectivity index (χ4n) is 3.90. The molecule has 0 bridgehead atoms. The van der Waals surface area contributed by atoms with Gasteiger partial charge in [-0.15, -0.1) is 0 Å². The van der Waals surface area contributed by atoms with Gasteiger partial charge in [-0.1, -0.05) is 18.2 Å². The molecule has 1 N–H and O–H groups in total. The third-order valence-corrected chi connectivity index (χ3v) is 5.46. The van der Waals surface area contributed by atoms with Crippen molar-refractivity contribution in [1.82, 2.24) is 19.2 Å². The Morgan fingerprint density at radius 2 is 2.03 bits per heavy atom. The van der Waals surface area contributed by atoms with Crippen LogP contribution < -0.4 is 10.9 Å². The van der Waals surface area contributed by atoms with Crippen LogP contribution in [0.4, 0.5) is 5.69 Å². The minimum absolute atomic E-state index is 0.0681. The molecule has 1 aliphatic rings. The van der Waals surface area contributed by atoms with Gasteiger partial charge in [-0.05, 0) is 31.0 Å². The maximum Gasteiger partial charge on any atom is 0.276 e. The third kappa shape index (κ3) is 3.61. The standard InChI is InChI=1S/C22H23N5O2/c28-22-21-16(4-3-5-19(21)24-17-8-12-29-13-9-17)14-23-27(22)11-7-18-15-26-10-2-1-6-20(26)25-18/h1-6,10,14-15,17,24H,7-9,11-13H2. The minimum Gasteiger partial charge on any atom is -0.381 e. The summed E-state index contributed by atoms with van der Waals surface area (Å²) < 4.78 is 8.97. The summed E-state index contributed by atoms with van der Waals surface area (Å²) in [5.74, 6) is 0. The van der Waals surface area contributed by atoms with E-state index in [1.54, 1.807) is 10.9 Å². The SMILES string of the molecule is O=c1c2c(NC3CCOCC3)cccc2cnn1CCc1cn2ccccc2n1. The zero-order valence-electron chi connectivity index (χ0n) is 16.1. The lowest BCUT2D eigenvalue weighted by Crippen LogP contribution is -2.29. The fourth-order valence-corrected chi connectivity index (χ4v) is 3.90. The Hall–Kier alpha value is -3.19. The second-order valence-corrected chi connectivity index (χ2v) is 7.42.